The fourth-order valence-electron chi connectivity index (χ4n) is 1.67. The van der Waals surface area contributed by atoms with Crippen LogP contribution in [0.2, 0.25) is 0 Å². The number of rotatable bonds is 3. The van der Waals surface area contributed by atoms with Crippen molar-refractivity contribution in [1.82, 2.24) is 4.98 Å². The molecule has 2 rings (SSSR count). The van der Waals surface area contributed by atoms with Crippen LogP contribution in [0.25, 0.3) is 0 Å². The summed E-state index contributed by atoms with van der Waals surface area (Å²) >= 11 is 0. The molecule has 0 bridgehead atoms. The minimum Gasteiger partial charge on any atom is -0.439 e. The number of aryl methyl sites for hydroxylation is 2. The van der Waals surface area contributed by atoms with Gasteiger partial charge in [0, 0.05) is 12.3 Å². The monoisotopic (exact) mass is 243 g/mol. The largest absolute Gasteiger partial charge is 0.439 e. The lowest BCUT2D eigenvalue weighted by Gasteiger charge is -2.10. The number of nitrogens with zero attached hydrogens (tertiary/aromatic N) is 1. The first kappa shape index (κ1) is 12.6. The zero-order chi connectivity index (χ0) is 13.1. The van der Waals surface area contributed by atoms with E-state index in [0.29, 0.717) is 5.88 Å². The van der Waals surface area contributed by atoms with E-state index in [1.54, 1.807) is 25.3 Å². The molecule has 3 heteroatoms. The van der Waals surface area contributed by atoms with E-state index in [0.717, 1.165) is 22.4 Å². The molecule has 18 heavy (non-hydrogen) atoms. The normalized spacial score (nSPS) is 12.2. The van der Waals surface area contributed by atoms with Gasteiger partial charge in [-0.15, -0.1) is 0 Å². The Morgan fingerprint density at radius 3 is 2.67 bits per heavy atom. The molecular formula is C15H17NO2. The Morgan fingerprint density at radius 1 is 1.17 bits per heavy atom. The average Bonchev–Trinajstić information content (AvgIpc) is 2.34. The van der Waals surface area contributed by atoms with Gasteiger partial charge in [-0.05, 0) is 49.6 Å². The third kappa shape index (κ3) is 2.87. The molecule has 0 spiro atoms. The van der Waals surface area contributed by atoms with Crippen LogP contribution in [-0.2, 0) is 0 Å². The summed E-state index contributed by atoms with van der Waals surface area (Å²) in [7, 11) is 0. The fraction of sp³-hybridized carbons (Fsp3) is 0.267. The number of aromatic nitrogens is 1. The number of ether oxygens (including phenoxy) is 1. The van der Waals surface area contributed by atoms with Crippen molar-refractivity contribution in [2.45, 2.75) is 26.9 Å². The van der Waals surface area contributed by atoms with E-state index >= 15 is 0 Å². The molecule has 0 saturated heterocycles. The maximum Gasteiger partial charge on any atom is 0.219 e. The van der Waals surface area contributed by atoms with Gasteiger partial charge in [0.2, 0.25) is 5.88 Å². The van der Waals surface area contributed by atoms with E-state index in [1.165, 1.54) is 0 Å². The highest BCUT2D eigenvalue weighted by Gasteiger charge is 2.06. The molecular weight excluding hydrogens is 226 g/mol. The lowest BCUT2D eigenvalue weighted by atomic mass is 10.1. The van der Waals surface area contributed by atoms with Gasteiger partial charge < -0.3 is 9.84 Å². The first-order valence-electron chi connectivity index (χ1n) is 5.95. The lowest BCUT2D eigenvalue weighted by Crippen LogP contribution is -1.95. The summed E-state index contributed by atoms with van der Waals surface area (Å²) in [5.41, 5.74) is 3.00. The van der Waals surface area contributed by atoms with Gasteiger partial charge in [0.05, 0.1) is 6.10 Å². The second kappa shape index (κ2) is 5.19. The summed E-state index contributed by atoms with van der Waals surface area (Å²) in [6, 6.07) is 9.57. The summed E-state index contributed by atoms with van der Waals surface area (Å²) in [5.74, 6) is 1.30. The summed E-state index contributed by atoms with van der Waals surface area (Å²) in [5, 5.41) is 9.53. The van der Waals surface area contributed by atoms with E-state index in [-0.39, 0.29) is 0 Å². The highest BCUT2D eigenvalue weighted by Crippen LogP contribution is 2.26. The van der Waals surface area contributed by atoms with E-state index in [9.17, 15) is 5.11 Å². The van der Waals surface area contributed by atoms with Crippen molar-refractivity contribution in [3.63, 3.8) is 0 Å². The van der Waals surface area contributed by atoms with Crippen LogP contribution in [-0.4, -0.2) is 10.1 Å². The first-order chi connectivity index (χ1) is 8.56. The zero-order valence-corrected chi connectivity index (χ0v) is 10.8. The Balaban J connectivity index is 2.28. The smallest absolute Gasteiger partial charge is 0.219 e. The minimum absolute atomic E-state index is 0.502. The van der Waals surface area contributed by atoms with Crippen LogP contribution in [0.4, 0.5) is 0 Å². The van der Waals surface area contributed by atoms with Crippen LogP contribution in [0.3, 0.4) is 0 Å². The van der Waals surface area contributed by atoms with E-state index in [1.807, 2.05) is 32.0 Å². The molecule has 0 aliphatic carbocycles. The molecule has 1 aromatic carbocycles. The Bertz CT molecular complexity index is 550. The summed E-state index contributed by atoms with van der Waals surface area (Å²) in [6.45, 7) is 5.73. The molecule has 0 aliphatic rings. The quantitative estimate of drug-likeness (QED) is 0.896. The van der Waals surface area contributed by atoms with Gasteiger partial charge in [-0.2, -0.15) is 0 Å². The standard InChI is InChI=1S/C15H17NO2/c1-10-4-5-11(2)14(8-10)18-15-9-13(12(3)17)6-7-16-15/h4-9,12,17H,1-3H3. The minimum atomic E-state index is -0.519. The molecule has 0 radical (unpaired) electrons. The zero-order valence-electron chi connectivity index (χ0n) is 10.8. The molecule has 0 aliphatic heterocycles. The molecule has 0 amide bonds. The van der Waals surface area contributed by atoms with Crippen molar-refractivity contribution in [2.75, 3.05) is 0 Å². The predicted molar refractivity (Wildman–Crippen MR) is 70.9 cm³/mol. The van der Waals surface area contributed by atoms with Crippen LogP contribution >= 0.6 is 0 Å². The molecule has 0 fully saturated rings. The van der Waals surface area contributed by atoms with Crippen LogP contribution in [0.1, 0.15) is 29.7 Å². The number of benzene rings is 1. The van der Waals surface area contributed by atoms with Crippen molar-refractivity contribution in [2.24, 2.45) is 0 Å². The highest BCUT2D eigenvalue weighted by atomic mass is 16.5. The van der Waals surface area contributed by atoms with E-state index in [4.69, 9.17) is 4.74 Å². The molecule has 1 unspecified atom stereocenters. The number of aliphatic hydroxyl groups excluding tert-OH is 1. The first-order valence-corrected chi connectivity index (χ1v) is 5.95. The van der Waals surface area contributed by atoms with Crippen LogP contribution in [0.15, 0.2) is 36.5 Å². The van der Waals surface area contributed by atoms with E-state index < -0.39 is 6.10 Å². The maximum absolute atomic E-state index is 9.53. The van der Waals surface area contributed by atoms with Crippen molar-refractivity contribution < 1.29 is 9.84 Å². The highest BCUT2D eigenvalue weighted by molar-refractivity contribution is 5.38. The average molecular weight is 243 g/mol. The number of pyridine rings is 1. The van der Waals surface area contributed by atoms with Crippen molar-refractivity contribution in [1.29, 1.82) is 0 Å². The third-order valence-electron chi connectivity index (χ3n) is 2.80. The SMILES string of the molecule is Cc1ccc(C)c(Oc2cc(C(C)O)ccn2)c1. The van der Waals surface area contributed by atoms with Gasteiger partial charge in [-0.3, -0.25) is 0 Å². The molecule has 1 heterocycles. The van der Waals surface area contributed by atoms with Crippen molar-refractivity contribution in [3.05, 3.63) is 53.2 Å². The Kier molecular flexibility index (Phi) is 3.63. The summed E-state index contributed by atoms with van der Waals surface area (Å²) in [6.07, 6.45) is 1.12. The maximum atomic E-state index is 9.53. The van der Waals surface area contributed by atoms with Gasteiger partial charge in [-0.25, -0.2) is 4.98 Å². The Morgan fingerprint density at radius 2 is 1.94 bits per heavy atom. The van der Waals surface area contributed by atoms with Gasteiger partial charge in [0.1, 0.15) is 5.75 Å². The van der Waals surface area contributed by atoms with Gasteiger partial charge in [0.15, 0.2) is 0 Å². The molecule has 1 N–H and O–H groups in total. The van der Waals surface area contributed by atoms with Crippen molar-refractivity contribution in [3.8, 4) is 11.6 Å². The van der Waals surface area contributed by atoms with Gasteiger partial charge in [0.25, 0.3) is 0 Å². The van der Waals surface area contributed by atoms with Crippen LogP contribution in [0, 0.1) is 13.8 Å². The molecule has 1 atom stereocenters. The Labute approximate surface area is 107 Å². The number of aliphatic hydroxyl groups is 1. The summed E-state index contributed by atoms with van der Waals surface area (Å²) in [4.78, 5) is 4.15. The van der Waals surface area contributed by atoms with Crippen molar-refractivity contribution >= 4 is 0 Å². The van der Waals surface area contributed by atoms with E-state index in [2.05, 4.69) is 4.98 Å². The molecule has 1 aromatic heterocycles. The second-order valence-electron chi connectivity index (χ2n) is 4.47. The van der Waals surface area contributed by atoms with Gasteiger partial charge in [-0.1, -0.05) is 12.1 Å². The Hall–Kier alpha value is -1.87. The molecule has 2 aromatic rings. The second-order valence-corrected chi connectivity index (χ2v) is 4.47. The van der Waals surface area contributed by atoms with Gasteiger partial charge >= 0.3 is 0 Å². The van der Waals surface area contributed by atoms with Crippen LogP contribution in [0.5, 0.6) is 11.6 Å². The summed E-state index contributed by atoms with van der Waals surface area (Å²) < 4.78 is 5.76. The molecule has 94 valence electrons. The topological polar surface area (TPSA) is 42.4 Å². The predicted octanol–water partition coefficient (Wildman–Crippen LogP) is 3.54. The number of hydrogen-bond acceptors (Lipinski definition) is 3. The third-order valence-corrected chi connectivity index (χ3v) is 2.80. The van der Waals surface area contributed by atoms with Crippen LogP contribution < -0.4 is 4.74 Å². The number of hydrogen-bond donors (Lipinski definition) is 1. The lowest BCUT2D eigenvalue weighted by molar-refractivity contribution is 0.198. The molecule has 0 saturated carbocycles. The molecule has 3 nitrogen and oxygen atoms in total. The fourth-order valence-corrected chi connectivity index (χ4v) is 1.67.